The standard InChI is InChI=1S/C12H20O/c1-11(2)7-8-12(3,4)10(11)6-5-9-13/h5,13H,7-9H2,1-4H3. The fourth-order valence-corrected chi connectivity index (χ4v) is 2.33. The Morgan fingerprint density at radius 2 is 1.69 bits per heavy atom. The van der Waals surface area contributed by atoms with Crippen LogP contribution in [0, 0.1) is 10.8 Å². The summed E-state index contributed by atoms with van der Waals surface area (Å²) in [7, 11) is 0. The van der Waals surface area contributed by atoms with Crippen molar-refractivity contribution < 1.29 is 5.11 Å². The van der Waals surface area contributed by atoms with Crippen LogP contribution in [0.4, 0.5) is 0 Å². The molecule has 0 heterocycles. The van der Waals surface area contributed by atoms with Gasteiger partial charge in [0.05, 0.1) is 6.61 Å². The Bertz CT molecular complexity index is 234. The molecule has 0 aliphatic heterocycles. The Hall–Kier alpha value is -0.520. The van der Waals surface area contributed by atoms with Gasteiger partial charge in [-0.25, -0.2) is 0 Å². The second kappa shape index (κ2) is 3.32. The van der Waals surface area contributed by atoms with Gasteiger partial charge in [0.15, 0.2) is 0 Å². The zero-order valence-electron chi connectivity index (χ0n) is 9.15. The van der Waals surface area contributed by atoms with E-state index >= 15 is 0 Å². The minimum Gasteiger partial charge on any atom is -0.392 e. The summed E-state index contributed by atoms with van der Waals surface area (Å²) in [5, 5.41) is 8.74. The Balaban J connectivity index is 3.08. The monoisotopic (exact) mass is 180 g/mol. The minimum absolute atomic E-state index is 0.0929. The summed E-state index contributed by atoms with van der Waals surface area (Å²) < 4.78 is 0. The summed E-state index contributed by atoms with van der Waals surface area (Å²) in [5.41, 5.74) is 5.13. The molecule has 1 saturated carbocycles. The van der Waals surface area contributed by atoms with E-state index < -0.39 is 0 Å². The lowest BCUT2D eigenvalue weighted by Gasteiger charge is -2.25. The Morgan fingerprint density at radius 3 is 2.08 bits per heavy atom. The SMILES string of the molecule is CC1(C)CCC(C)(C)C1=C=CCO. The summed E-state index contributed by atoms with van der Waals surface area (Å²) in [6.45, 7) is 9.13. The molecule has 0 unspecified atom stereocenters. The predicted octanol–water partition coefficient (Wildman–Crippen LogP) is 2.91. The van der Waals surface area contributed by atoms with E-state index in [1.165, 1.54) is 18.4 Å². The molecule has 0 atom stereocenters. The van der Waals surface area contributed by atoms with Crippen molar-refractivity contribution in [2.75, 3.05) is 6.61 Å². The first-order valence-corrected chi connectivity index (χ1v) is 4.97. The van der Waals surface area contributed by atoms with Gasteiger partial charge in [-0.3, -0.25) is 0 Å². The predicted molar refractivity (Wildman–Crippen MR) is 55.5 cm³/mol. The van der Waals surface area contributed by atoms with Crippen LogP contribution in [0.25, 0.3) is 0 Å². The molecule has 1 rings (SSSR count). The number of hydrogen-bond acceptors (Lipinski definition) is 1. The molecule has 0 saturated heterocycles. The first-order valence-electron chi connectivity index (χ1n) is 4.97. The molecule has 0 bridgehead atoms. The van der Waals surface area contributed by atoms with Gasteiger partial charge in [-0.2, -0.15) is 0 Å². The summed E-state index contributed by atoms with van der Waals surface area (Å²) in [6.07, 6.45) is 4.17. The van der Waals surface area contributed by atoms with Crippen LogP contribution in [0.15, 0.2) is 17.4 Å². The van der Waals surface area contributed by atoms with Crippen molar-refractivity contribution >= 4 is 0 Å². The van der Waals surface area contributed by atoms with E-state index in [1.54, 1.807) is 6.08 Å². The maximum Gasteiger partial charge on any atom is 0.0686 e. The van der Waals surface area contributed by atoms with E-state index in [-0.39, 0.29) is 17.4 Å². The molecule has 13 heavy (non-hydrogen) atoms. The van der Waals surface area contributed by atoms with E-state index in [0.29, 0.717) is 0 Å². The third kappa shape index (κ3) is 2.04. The number of rotatable bonds is 1. The fourth-order valence-electron chi connectivity index (χ4n) is 2.33. The zero-order valence-corrected chi connectivity index (χ0v) is 9.15. The Labute approximate surface area is 81.2 Å². The number of aliphatic hydroxyl groups excluding tert-OH is 1. The van der Waals surface area contributed by atoms with E-state index in [2.05, 4.69) is 33.4 Å². The molecule has 1 fully saturated rings. The molecule has 0 aromatic carbocycles. The van der Waals surface area contributed by atoms with Gasteiger partial charge in [-0.05, 0) is 35.3 Å². The summed E-state index contributed by atoms with van der Waals surface area (Å²) in [4.78, 5) is 0. The van der Waals surface area contributed by atoms with Crippen LogP contribution in [0.3, 0.4) is 0 Å². The highest BCUT2D eigenvalue weighted by Gasteiger charge is 2.41. The van der Waals surface area contributed by atoms with Crippen LogP contribution in [0.2, 0.25) is 0 Å². The van der Waals surface area contributed by atoms with Crippen LogP contribution in [0.1, 0.15) is 40.5 Å². The lowest BCUT2D eigenvalue weighted by molar-refractivity contribution is 0.342. The fraction of sp³-hybridized carbons (Fsp3) is 0.750. The molecule has 0 amide bonds. The number of hydrogen-bond donors (Lipinski definition) is 1. The van der Waals surface area contributed by atoms with E-state index in [0.717, 1.165) is 0 Å². The lowest BCUT2D eigenvalue weighted by atomic mass is 9.79. The van der Waals surface area contributed by atoms with Gasteiger partial charge in [0, 0.05) is 0 Å². The highest BCUT2D eigenvalue weighted by Crippen LogP contribution is 2.52. The van der Waals surface area contributed by atoms with Crippen molar-refractivity contribution in [1.82, 2.24) is 0 Å². The molecule has 1 heteroatoms. The maximum atomic E-state index is 8.74. The number of aliphatic hydroxyl groups is 1. The third-order valence-electron chi connectivity index (χ3n) is 3.07. The van der Waals surface area contributed by atoms with Gasteiger partial charge in [0.1, 0.15) is 0 Å². The van der Waals surface area contributed by atoms with Gasteiger partial charge >= 0.3 is 0 Å². The largest absolute Gasteiger partial charge is 0.392 e. The molecule has 0 aromatic heterocycles. The van der Waals surface area contributed by atoms with Gasteiger partial charge in [0.2, 0.25) is 0 Å². The lowest BCUT2D eigenvalue weighted by Crippen LogP contribution is -2.15. The molecule has 0 radical (unpaired) electrons. The van der Waals surface area contributed by atoms with Crippen molar-refractivity contribution in [3.8, 4) is 0 Å². The van der Waals surface area contributed by atoms with Crippen LogP contribution in [-0.2, 0) is 0 Å². The van der Waals surface area contributed by atoms with Gasteiger partial charge in [-0.15, -0.1) is 5.73 Å². The second-order valence-electron chi connectivity index (χ2n) is 5.17. The maximum absolute atomic E-state index is 8.74. The van der Waals surface area contributed by atoms with Crippen molar-refractivity contribution in [3.63, 3.8) is 0 Å². The summed E-state index contributed by atoms with van der Waals surface area (Å²) >= 11 is 0. The van der Waals surface area contributed by atoms with Crippen molar-refractivity contribution in [2.45, 2.75) is 40.5 Å². The molecule has 0 spiro atoms. The minimum atomic E-state index is 0.0929. The van der Waals surface area contributed by atoms with E-state index in [9.17, 15) is 0 Å². The Kier molecular flexibility index (Phi) is 2.70. The molecule has 74 valence electrons. The average molecular weight is 180 g/mol. The van der Waals surface area contributed by atoms with Crippen molar-refractivity contribution in [3.05, 3.63) is 17.4 Å². The average Bonchev–Trinajstić information content (AvgIpc) is 2.20. The van der Waals surface area contributed by atoms with Crippen LogP contribution < -0.4 is 0 Å². The van der Waals surface area contributed by atoms with Gasteiger partial charge in [0.25, 0.3) is 0 Å². The topological polar surface area (TPSA) is 20.2 Å². The molecule has 1 aliphatic rings. The Morgan fingerprint density at radius 1 is 1.23 bits per heavy atom. The molecular weight excluding hydrogens is 160 g/mol. The first kappa shape index (κ1) is 10.6. The molecule has 1 N–H and O–H groups in total. The first-order chi connectivity index (χ1) is 5.90. The highest BCUT2D eigenvalue weighted by atomic mass is 16.2. The summed E-state index contributed by atoms with van der Waals surface area (Å²) in [6, 6.07) is 0. The quantitative estimate of drug-likeness (QED) is 0.615. The molecule has 1 nitrogen and oxygen atoms in total. The van der Waals surface area contributed by atoms with Crippen molar-refractivity contribution in [1.29, 1.82) is 0 Å². The molecule has 1 aliphatic carbocycles. The van der Waals surface area contributed by atoms with Crippen molar-refractivity contribution in [2.24, 2.45) is 10.8 Å². The zero-order chi connectivity index (χ0) is 10.1. The summed E-state index contributed by atoms with van der Waals surface area (Å²) in [5.74, 6) is 0. The van der Waals surface area contributed by atoms with Gasteiger partial charge < -0.3 is 5.11 Å². The van der Waals surface area contributed by atoms with Gasteiger partial charge in [-0.1, -0.05) is 27.7 Å². The normalized spacial score (nSPS) is 24.2. The van der Waals surface area contributed by atoms with E-state index in [1.807, 2.05) is 0 Å². The highest BCUT2D eigenvalue weighted by molar-refractivity contribution is 5.24. The van der Waals surface area contributed by atoms with Crippen LogP contribution in [-0.4, -0.2) is 11.7 Å². The van der Waals surface area contributed by atoms with E-state index in [4.69, 9.17) is 5.11 Å². The second-order valence-corrected chi connectivity index (χ2v) is 5.17. The van der Waals surface area contributed by atoms with Crippen LogP contribution in [0.5, 0.6) is 0 Å². The smallest absolute Gasteiger partial charge is 0.0686 e. The molecule has 0 aromatic rings. The molecular formula is C12H20O. The van der Waals surface area contributed by atoms with Crippen LogP contribution >= 0.6 is 0 Å². The third-order valence-corrected chi connectivity index (χ3v) is 3.07.